The summed E-state index contributed by atoms with van der Waals surface area (Å²) in [6.45, 7) is 6.41. The molecule has 2 heterocycles. The molecule has 2 aromatic rings. The van der Waals surface area contributed by atoms with Crippen LogP contribution in [0.2, 0.25) is 0 Å². The van der Waals surface area contributed by atoms with Gasteiger partial charge >= 0.3 is 0 Å². The predicted octanol–water partition coefficient (Wildman–Crippen LogP) is 7.34. The first-order valence-corrected chi connectivity index (χ1v) is 13.9. The van der Waals surface area contributed by atoms with Crippen LogP contribution in [0.15, 0.2) is 40.2 Å². The third kappa shape index (κ3) is 4.77. The highest BCUT2D eigenvalue weighted by atomic mass is 32.2. The second-order valence-electron chi connectivity index (χ2n) is 10.3. The van der Waals surface area contributed by atoms with Crippen molar-refractivity contribution in [2.24, 2.45) is 4.99 Å². The van der Waals surface area contributed by atoms with Crippen molar-refractivity contribution in [3.63, 3.8) is 0 Å². The molecule has 1 aromatic heterocycles. The highest BCUT2D eigenvalue weighted by molar-refractivity contribution is 8.18. The zero-order chi connectivity index (χ0) is 23.7. The fourth-order valence-corrected chi connectivity index (χ4v) is 6.87. The molecule has 0 unspecified atom stereocenters. The van der Waals surface area contributed by atoms with Gasteiger partial charge < -0.3 is 4.57 Å². The SMILES string of the molecule is Cc1ccc(-n2c(C)cc(/C=C3\SC(=NC4CCCCC4)N(C4CCCCC4)C3=O)c2C)cc1. The van der Waals surface area contributed by atoms with Crippen LogP contribution in [0.5, 0.6) is 0 Å². The monoisotopic (exact) mass is 475 g/mol. The fourth-order valence-electron chi connectivity index (χ4n) is 5.77. The van der Waals surface area contributed by atoms with Crippen molar-refractivity contribution in [2.75, 3.05) is 0 Å². The van der Waals surface area contributed by atoms with E-state index in [1.54, 1.807) is 11.8 Å². The molecule has 1 aromatic carbocycles. The Morgan fingerprint density at radius 1 is 0.912 bits per heavy atom. The van der Waals surface area contributed by atoms with Crippen LogP contribution in [0.25, 0.3) is 11.8 Å². The van der Waals surface area contributed by atoms with Gasteiger partial charge in [-0.25, -0.2) is 0 Å². The van der Waals surface area contributed by atoms with Crippen molar-refractivity contribution in [1.82, 2.24) is 9.47 Å². The van der Waals surface area contributed by atoms with E-state index in [4.69, 9.17) is 4.99 Å². The van der Waals surface area contributed by atoms with Crippen LogP contribution in [-0.4, -0.2) is 32.6 Å². The van der Waals surface area contributed by atoms with E-state index in [-0.39, 0.29) is 5.91 Å². The predicted molar refractivity (Wildman–Crippen MR) is 144 cm³/mol. The lowest BCUT2D eigenvalue weighted by Crippen LogP contribution is -2.41. The average Bonchev–Trinajstić information content (AvgIpc) is 3.30. The number of aliphatic imine (C=N–C) groups is 1. The molecule has 0 radical (unpaired) electrons. The van der Waals surface area contributed by atoms with Gasteiger partial charge in [0.15, 0.2) is 5.17 Å². The minimum Gasteiger partial charge on any atom is -0.318 e. The van der Waals surface area contributed by atoms with E-state index < -0.39 is 0 Å². The van der Waals surface area contributed by atoms with E-state index in [0.717, 1.165) is 41.3 Å². The molecule has 3 fully saturated rings. The molecular formula is C29H37N3OS. The molecule has 1 amide bonds. The molecule has 0 spiro atoms. The number of hydrogen-bond donors (Lipinski definition) is 0. The summed E-state index contributed by atoms with van der Waals surface area (Å²) in [6.07, 6.45) is 14.2. The number of amidine groups is 1. The molecule has 5 heteroatoms. The summed E-state index contributed by atoms with van der Waals surface area (Å²) < 4.78 is 2.28. The molecule has 0 N–H and O–H groups in total. The number of thioether (sulfide) groups is 1. The first-order chi connectivity index (χ1) is 16.5. The zero-order valence-electron chi connectivity index (χ0n) is 20.8. The number of aryl methyl sites for hydroxylation is 2. The van der Waals surface area contributed by atoms with Crippen molar-refractivity contribution < 1.29 is 4.79 Å². The van der Waals surface area contributed by atoms with Crippen molar-refractivity contribution in [1.29, 1.82) is 0 Å². The molecule has 1 aliphatic heterocycles. The topological polar surface area (TPSA) is 37.6 Å². The van der Waals surface area contributed by atoms with E-state index in [1.165, 1.54) is 61.2 Å². The number of nitrogens with zero attached hydrogens (tertiary/aromatic N) is 3. The van der Waals surface area contributed by atoms with Gasteiger partial charge in [-0.15, -0.1) is 0 Å². The van der Waals surface area contributed by atoms with Gasteiger partial charge in [-0.2, -0.15) is 0 Å². The first-order valence-electron chi connectivity index (χ1n) is 13.1. The molecule has 180 valence electrons. The quantitative estimate of drug-likeness (QED) is 0.434. The molecule has 0 bridgehead atoms. The summed E-state index contributed by atoms with van der Waals surface area (Å²) >= 11 is 1.61. The summed E-state index contributed by atoms with van der Waals surface area (Å²) in [5.74, 6) is 0.159. The van der Waals surface area contributed by atoms with Crippen LogP contribution >= 0.6 is 11.8 Å². The Kier molecular flexibility index (Phi) is 7.01. The lowest BCUT2D eigenvalue weighted by atomic mass is 9.94. The van der Waals surface area contributed by atoms with Crippen molar-refractivity contribution >= 4 is 28.9 Å². The third-order valence-corrected chi connectivity index (χ3v) is 8.69. The van der Waals surface area contributed by atoms with E-state index in [2.05, 4.69) is 66.6 Å². The summed E-state index contributed by atoms with van der Waals surface area (Å²) in [6, 6.07) is 11.5. The van der Waals surface area contributed by atoms with Crippen molar-refractivity contribution in [3.8, 4) is 5.69 Å². The standard InChI is InChI=1S/C29H37N3OS/c1-20-14-16-26(17-15-20)31-21(2)18-23(22(31)3)19-27-28(33)32(25-12-8-5-9-13-25)29(34-27)30-24-10-6-4-7-11-24/h14-19,24-25H,4-13H2,1-3H3/b27-19-,30-29?. The van der Waals surface area contributed by atoms with E-state index in [9.17, 15) is 4.79 Å². The van der Waals surface area contributed by atoms with Crippen molar-refractivity contribution in [3.05, 3.63) is 57.8 Å². The Hall–Kier alpha value is -2.27. The normalized spacial score (nSPS) is 22.9. The molecule has 3 aliphatic rings. The number of rotatable bonds is 4. The second-order valence-corrected chi connectivity index (χ2v) is 11.3. The number of amides is 1. The second kappa shape index (κ2) is 10.2. The number of carbonyl (C=O) groups excluding carboxylic acids is 1. The number of carbonyl (C=O) groups is 1. The van der Waals surface area contributed by atoms with Gasteiger partial charge in [-0.05, 0) is 88.1 Å². The molecule has 2 saturated carbocycles. The van der Waals surface area contributed by atoms with Crippen LogP contribution < -0.4 is 0 Å². The molecule has 5 rings (SSSR count). The smallest absolute Gasteiger partial charge is 0.267 e. The number of aromatic nitrogens is 1. The Bertz CT molecular complexity index is 1100. The van der Waals surface area contributed by atoms with Gasteiger partial charge in [0, 0.05) is 23.1 Å². The largest absolute Gasteiger partial charge is 0.318 e. The van der Waals surface area contributed by atoms with Crippen LogP contribution in [0, 0.1) is 20.8 Å². The molecule has 4 nitrogen and oxygen atoms in total. The van der Waals surface area contributed by atoms with Crippen LogP contribution in [0.3, 0.4) is 0 Å². The minimum atomic E-state index is 0.159. The summed E-state index contributed by atoms with van der Waals surface area (Å²) in [4.78, 5) is 21.8. The van der Waals surface area contributed by atoms with Gasteiger partial charge in [-0.1, -0.05) is 56.2 Å². The van der Waals surface area contributed by atoms with Gasteiger partial charge in [0.25, 0.3) is 5.91 Å². The maximum Gasteiger partial charge on any atom is 0.267 e. The molecule has 0 atom stereocenters. The van der Waals surface area contributed by atoms with Crippen LogP contribution in [-0.2, 0) is 4.79 Å². The van der Waals surface area contributed by atoms with Gasteiger partial charge in [-0.3, -0.25) is 14.7 Å². The van der Waals surface area contributed by atoms with Gasteiger partial charge in [0.1, 0.15) is 0 Å². The lowest BCUT2D eigenvalue weighted by molar-refractivity contribution is -0.124. The molecule has 2 aliphatic carbocycles. The van der Waals surface area contributed by atoms with E-state index in [1.807, 2.05) is 0 Å². The molecule has 1 saturated heterocycles. The fraction of sp³-hybridized carbons (Fsp3) is 0.517. The van der Waals surface area contributed by atoms with Crippen LogP contribution in [0.1, 0.15) is 86.7 Å². The average molecular weight is 476 g/mol. The van der Waals surface area contributed by atoms with Gasteiger partial charge in [0.05, 0.1) is 10.9 Å². The van der Waals surface area contributed by atoms with Gasteiger partial charge in [0.2, 0.25) is 0 Å². The lowest BCUT2D eigenvalue weighted by Gasteiger charge is -2.31. The minimum absolute atomic E-state index is 0.159. The summed E-state index contributed by atoms with van der Waals surface area (Å²) in [5.41, 5.74) is 5.90. The number of benzene rings is 1. The Morgan fingerprint density at radius 2 is 1.56 bits per heavy atom. The summed E-state index contributed by atoms with van der Waals surface area (Å²) in [7, 11) is 0. The third-order valence-electron chi connectivity index (χ3n) is 7.69. The molecule has 34 heavy (non-hydrogen) atoms. The maximum absolute atomic E-state index is 13.7. The Balaban J connectivity index is 1.48. The Labute approximate surface area is 208 Å². The Morgan fingerprint density at radius 3 is 2.24 bits per heavy atom. The highest BCUT2D eigenvalue weighted by Gasteiger charge is 2.39. The van der Waals surface area contributed by atoms with E-state index >= 15 is 0 Å². The van der Waals surface area contributed by atoms with Crippen LogP contribution in [0.4, 0.5) is 0 Å². The molecular weight excluding hydrogens is 438 g/mol. The maximum atomic E-state index is 13.7. The first kappa shape index (κ1) is 23.5. The van der Waals surface area contributed by atoms with E-state index in [0.29, 0.717) is 12.1 Å². The van der Waals surface area contributed by atoms with Crippen molar-refractivity contribution in [2.45, 2.75) is 97.1 Å². The number of hydrogen-bond acceptors (Lipinski definition) is 3. The zero-order valence-corrected chi connectivity index (χ0v) is 21.7. The summed E-state index contributed by atoms with van der Waals surface area (Å²) in [5, 5.41) is 0.961. The highest BCUT2D eigenvalue weighted by Crippen LogP contribution is 2.39.